The summed E-state index contributed by atoms with van der Waals surface area (Å²) >= 11 is 4.16. The number of rotatable bonds is 3. The van der Waals surface area contributed by atoms with E-state index in [1.807, 2.05) is 0 Å². The number of primary sulfonamides is 1. The zero-order chi connectivity index (χ0) is 14.9. The fraction of sp³-hybridized carbons (Fsp3) is 0.0833. The van der Waals surface area contributed by atoms with Crippen LogP contribution in [0.15, 0.2) is 39.0 Å². The van der Waals surface area contributed by atoms with Crippen LogP contribution < -0.4 is 10.5 Å². The molecule has 1 aromatic heterocycles. The maximum Gasteiger partial charge on any atom is 0.266 e. The van der Waals surface area contributed by atoms with E-state index < -0.39 is 10.0 Å². The van der Waals surface area contributed by atoms with Crippen molar-refractivity contribution in [2.45, 2.75) is 11.1 Å². The van der Waals surface area contributed by atoms with Crippen molar-refractivity contribution in [1.29, 1.82) is 0 Å². The van der Waals surface area contributed by atoms with Crippen LogP contribution in [0.2, 0.25) is 0 Å². The Hall–Kier alpha value is -1.22. The highest BCUT2D eigenvalue weighted by Gasteiger charge is 2.19. The molecule has 3 N–H and O–H groups in total. The second-order valence-corrected chi connectivity index (χ2v) is 7.84. The summed E-state index contributed by atoms with van der Waals surface area (Å²) in [7, 11) is -3.78. The van der Waals surface area contributed by atoms with E-state index in [4.69, 9.17) is 5.14 Å². The van der Waals surface area contributed by atoms with Crippen molar-refractivity contribution in [2.24, 2.45) is 5.14 Å². The standard InChI is InChI=1S/C12H11BrN2O3S2/c1-7-6-10(20(14,17)18)19-11(7)12(16)15-9-4-2-8(13)3-5-9/h2-6H,1H3,(H,15,16)(H2,14,17,18). The van der Waals surface area contributed by atoms with Crippen LogP contribution in [0.25, 0.3) is 0 Å². The minimum Gasteiger partial charge on any atom is -0.321 e. The summed E-state index contributed by atoms with van der Waals surface area (Å²) in [5.41, 5.74) is 1.21. The number of halogens is 1. The van der Waals surface area contributed by atoms with Crippen molar-refractivity contribution in [2.75, 3.05) is 5.32 Å². The van der Waals surface area contributed by atoms with Gasteiger partial charge in [0, 0.05) is 10.2 Å². The van der Waals surface area contributed by atoms with Crippen LogP contribution in [0.5, 0.6) is 0 Å². The van der Waals surface area contributed by atoms with Gasteiger partial charge in [0.1, 0.15) is 4.21 Å². The Morgan fingerprint density at radius 3 is 2.40 bits per heavy atom. The second-order valence-electron chi connectivity index (χ2n) is 4.08. The van der Waals surface area contributed by atoms with Gasteiger partial charge in [0.15, 0.2) is 0 Å². The summed E-state index contributed by atoms with van der Waals surface area (Å²) in [6, 6.07) is 8.48. The van der Waals surface area contributed by atoms with Crippen LogP contribution >= 0.6 is 27.3 Å². The van der Waals surface area contributed by atoms with Gasteiger partial charge in [-0.2, -0.15) is 0 Å². The lowest BCUT2D eigenvalue weighted by molar-refractivity contribution is 0.103. The summed E-state index contributed by atoms with van der Waals surface area (Å²) in [5, 5.41) is 7.76. The topological polar surface area (TPSA) is 89.3 Å². The molecule has 0 aliphatic heterocycles. The number of thiophene rings is 1. The summed E-state index contributed by atoms with van der Waals surface area (Å²) in [6.45, 7) is 1.67. The van der Waals surface area contributed by atoms with Gasteiger partial charge in [-0.1, -0.05) is 15.9 Å². The molecule has 1 aromatic carbocycles. The van der Waals surface area contributed by atoms with Crippen LogP contribution in [0, 0.1) is 6.92 Å². The molecule has 0 bridgehead atoms. The predicted molar refractivity (Wildman–Crippen MR) is 82.5 cm³/mol. The van der Waals surface area contributed by atoms with Crippen molar-refractivity contribution in [3.8, 4) is 0 Å². The molecular weight excluding hydrogens is 364 g/mol. The van der Waals surface area contributed by atoms with Crippen molar-refractivity contribution < 1.29 is 13.2 Å². The highest BCUT2D eigenvalue weighted by atomic mass is 79.9. The smallest absolute Gasteiger partial charge is 0.266 e. The minimum absolute atomic E-state index is 0.0176. The van der Waals surface area contributed by atoms with Gasteiger partial charge in [-0.25, -0.2) is 13.6 Å². The molecule has 0 atom stereocenters. The maximum atomic E-state index is 12.1. The summed E-state index contributed by atoms with van der Waals surface area (Å²) < 4.78 is 23.4. The average molecular weight is 375 g/mol. The number of carbonyl (C=O) groups is 1. The predicted octanol–water partition coefficient (Wildman–Crippen LogP) is 2.72. The van der Waals surface area contributed by atoms with Gasteiger partial charge < -0.3 is 5.32 Å². The highest BCUT2D eigenvalue weighted by molar-refractivity contribution is 9.10. The number of benzene rings is 1. The number of hydrogen-bond acceptors (Lipinski definition) is 4. The molecule has 2 rings (SSSR count). The van der Waals surface area contributed by atoms with Crippen molar-refractivity contribution in [3.05, 3.63) is 45.2 Å². The summed E-state index contributed by atoms with van der Waals surface area (Å²) in [4.78, 5) is 12.4. The molecule has 0 saturated heterocycles. The van der Waals surface area contributed by atoms with Gasteiger partial charge in [-0.3, -0.25) is 4.79 Å². The molecule has 8 heteroatoms. The number of anilines is 1. The molecular formula is C12H11BrN2O3S2. The molecule has 0 spiro atoms. The Morgan fingerprint density at radius 1 is 1.30 bits per heavy atom. The van der Waals surface area contributed by atoms with Crippen LogP contribution in [0.3, 0.4) is 0 Å². The number of nitrogens with two attached hydrogens (primary N) is 1. The Kier molecular flexibility index (Phi) is 4.28. The number of hydrogen-bond donors (Lipinski definition) is 2. The van der Waals surface area contributed by atoms with Crippen molar-refractivity contribution >= 4 is 48.9 Å². The summed E-state index contributed by atoms with van der Waals surface area (Å²) in [6.07, 6.45) is 0. The van der Waals surface area contributed by atoms with E-state index in [-0.39, 0.29) is 10.1 Å². The van der Waals surface area contributed by atoms with Gasteiger partial charge in [0.25, 0.3) is 5.91 Å². The number of carbonyl (C=O) groups excluding carboxylic acids is 1. The Morgan fingerprint density at radius 2 is 1.90 bits per heavy atom. The van der Waals surface area contributed by atoms with E-state index in [1.165, 1.54) is 6.07 Å². The lowest BCUT2D eigenvalue weighted by Crippen LogP contribution is -2.11. The third-order valence-corrected chi connectivity index (χ3v) is 5.67. The molecule has 0 radical (unpaired) electrons. The fourth-order valence-electron chi connectivity index (χ4n) is 1.54. The molecule has 20 heavy (non-hydrogen) atoms. The first kappa shape index (κ1) is 15.2. The fourth-order valence-corrected chi connectivity index (χ4v) is 3.66. The van der Waals surface area contributed by atoms with Crippen LogP contribution in [0.4, 0.5) is 5.69 Å². The second kappa shape index (κ2) is 5.65. The minimum atomic E-state index is -3.78. The quantitative estimate of drug-likeness (QED) is 0.865. The zero-order valence-electron chi connectivity index (χ0n) is 10.4. The van der Waals surface area contributed by atoms with E-state index in [9.17, 15) is 13.2 Å². The number of amides is 1. The third kappa shape index (κ3) is 3.45. The molecule has 0 unspecified atom stereocenters. The average Bonchev–Trinajstić information content (AvgIpc) is 2.74. The first-order chi connectivity index (χ1) is 9.27. The molecule has 0 fully saturated rings. The maximum absolute atomic E-state index is 12.1. The first-order valence-corrected chi connectivity index (χ1v) is 8.63. The summed E-state index contributed by atoms with van der Waals surface area (Å²) in [5.74, 6) is -0.357. The lowest BCUT2D eigenvalue weighted by Gasteiger charge is -2.04. The van der Waals surface area contributed by atoms with Gasteiger partial charge in [-0.15, -0.1) is 11.3 Å². The Labute approximate surface area is 129 Å². The number of aryl methyl sites for hydroxylation is 1. The molecule has 0 aliphatic rings. The highest BCUT2D eigenvalue weighted by Crippen LogP contribution is 2.26. The third-order valence-electron chi connectivity index (χ3n) is 2.48. The van der Waals surface area contributed by atoms with E-state index in [0.29, 0.717) is 16.1 Å². The van der Waals surface area contributed by atoms with Gasteiger partial charge >= 0.3 is 0 Å². The van der Waals surface area contributed by atoms with E-state index in [0.717, 1.165) is 15.8 Å². The van der Waals surface area contributed by atoms with Crippen LogP contribution in [-0.2, 0) is 10.0 Å². The molecule has 0 aliphatic carbocycles. The molecule has 5 nitrogen and oxygen atoms in total. The molecule has 1 amide bonds. The van der Waals surface area contributed by atoms with Gasteiger partial charge in [0.2, 0.25) is 10.0 Å². The first-order valence-electron chi connectivity index (χ1n) is 5.47. The van der Waals surface area contributed by atoms with E-state index >= 15 is 0 Å². The largest absolute Gasteiger partial charge is 0.321 e. The van der Waals surface area contributed by atoms with Gasteiger partial charge in [-0.05, 0) is 42.8 Å². The molecule has 2 aromatic rings. The Balaban J connectivity index is 2.26. The normalized spacial score (nSPS) is 11.3. The SMILES string of the molecule is Cc1cc(S(N)(=O)=O)sc1C(=O)Nc1ccc(Br)cc1. The van der Waals surface area contributed by atoms with Crippen LogP contribution in [0.1, 0.15) is 15.2 Å². The number of nitrogens with one attached hydrogen (secondary N) is 1. The van der Waals surface area contributed by atoms with Crippen LogP contribution in [-0.4, -0.2) is 14.3 Å². The van der Waals surface area contributed by atoms with E-state index in [1.54, 1.807) is 31.2 Å². The lowest BCUT2D eigenvalue weighted by atomic mass is 10.2. The molecule has 0 saturated carbocycles. The van der Waals surface area contributed by atoms with Gasteiger partial charge in [0.05, 0.1) is 4.88 Å². The zero-order valence-corrected chi connectivity index (χ0v) is 13.6. The van der Waals surface area contributed by atoms with Crippen molar-refractivity contribution in [3.63, 3.8) is 0 Å². The number of sulfonamides is 1. The molecule has 106 valence electrons. The molecule has 1 heterocycles. The monoisotopic (exact) mass is 374 g/mol. The van der Waals surface area contributed by atoms with Crippen molar-refractivity contribution in [1.82, 2.24) is 0 Å². The Bertz CT molecular complexity index is 752. The van der Waals surface area contributed by atoms with E-state index in [2.05, 4.69) is 21.2 Å².